The average Bonchev–Trinajstić information content (AvgIpc) is 2.43. The molecule has 0 heterocycles. The third-order valence-corrected chi connectivity index (χ3v) is 3.13. The zero-order valence-electron chi connectivity index (χ0n) is 12.9. The number of esters is 1. The fourth-order valence-electron chi connectivity index (χ4n) is 2.05. The van der Waals surface area contributed by atoms with Crippen molar-refractivity contribution in [2.45, 2.75) is 52.4 Å². The molecule has 3 heteroatoms. The molecule has 20 heavy (non-hydrogen) atoms. The van der Waals surface area contributed by atoms with E-state index in [1.165, 1.54) is 5.56 Å². The van der Waals surface area contributed by atoms with Crippen LogP contribution in [0.4, 0.5) is 0 Å². The monoisotopic (exact) mass is 278 g/mol. The first-order chi connectivity index (χ1) is 9.65. The van der Waals surface area contributed by atoms with E-state index in [4.69, 9.17) is 9.47 Å². The van der Waals surface area contributed by atoms with Gasteiger partial charge in [0.1, 0.15) is 5.75 Å². The maximum atomic E-state index is 11.2. The first-order valence-electron chi connectivity index (χ1n) is 7.52. The van der Waals surface area contributed by atoms with E-state index in [0.29, 0.717) is 25.6 Å². The molecule has 1 rings (SSSR count). The lowest BCUT2D eigenvalue weighted by atomic mass is 10.0. The fourth-order valence-corrected chi connectivity index (χ4v) is 2.05. The van der Waals surface area contributed by atoms with Crippen molar-refractivity contribution in [2.75, 3.05) is 13.2 Å². The normalized spacial score (nSPS) is 10.6. The summed E-state index contributed by atoms with van der Waals surface area (Å²) in [4.78, 5) is 11.2. The summed E-state index contributed by atoms with van der Waals surface area (Å²) >= 11 is 0. The van der Waals surface area contributed by atoms with E-state index < -0.39 is 0 Å². The van der Waals surface area contributed by atoms with Gasteiger partial charge in [0, 0.05) is 6.42 Å². The predicted molar refractivity (Wildman–Crippen MR) is 81.1 cm³/mol. The maximum Gasteiger partial charge on any atom is 0.305 e. The highest BCUT2D eigenvalue weighted by atomic mass is 16.5. The Balaban J connectivity index is 2.20. The smallest absolute Gasteiger partial charge is 0.305 e. The van der Waals surface area contributed by atoms with Crippen molar-refractivity contribution in [2.24, 2.45) is 0 Å². The van der Waals surface area contributed by atoms with Gasteiger partial charge < -0.3 is 9.47 Å². The summed E-state index contributed by atoms with van der Waals surface area (Å²) in [5, 5.41) is 0. The summed E-state index contributed by atoms with van der Waals surface area (Å²) in [6, 6.07) is 8.18. The van der Waals surface area contributed by atoms with Gasteiger partial charge in [0.05, 0.1) is 13.2 Å². The van der Waals surface area contributed by atoms with E-state index in [-0.39, 0.29) is 5.97 Å². The largest absolute Gasteiger partial charge is 0.493 e. The molecule has 0 aliphatic heterocycles. The summed E-state index contributed by atoms with van der Waals surface area (Å²) in [6.07, 6.45) is 3.33. The molecule has 0 fully saturated rings. The molecule has 0 bridgehead atoms. The lowest BCUT2D eigenvalue weighted by Gasteiger charge is -2.13. The van der Waals surface area contributed by atoms with Gasteiger partial charge in [-0.15, -0.1) is 0 Å². The van der Waals surface area contributed by atoms with Crippen LogP contribution < -0.4 is 4.74 Å². The van der Waals surface area contributed by atoms with E-state index >= 15 is 0 Å². The van der Waals surface area contributed by atoms with Gasteiger partial charge in [0.25, 0.3) is 0 Å². The number of unbranched alkanes of at least 4 members (excludes halogenated alkanes) is 2. The number of hydrogen-bond donors (Lipinski definition) is 0. The lowest BCUT2D eigenvalue weighted by Crippen LogP contribution is -2.04. The molecule has 0 amide bonds. The molecule has 0 aliphatic carbocycles. The second-order valence-electron chi connectivity index (χ2n) is 5.16. The van der Waals surface area contributed by atoms with Crippen molar-refractivity contribution in [1.82, 2.24) is 0 Å². The summed E-state index contributed by atoms with van der Waals surface area (Å²) in [7, 11) is 0. The molecule has 0 radical (unpaired) electrons. The average molecular weight is 278 g/mol. The van der Waals surface area contributed by atoms with Crippen LogP contribution in [0.5, 0.6) is 5.75 Å². The van der Waals surface area contributed by atoms with E-state index in [1.54, 1.807) is 0 Å². The second kappa shape index (κ2) is 9.40. The molecule has 0 aromatic heterocycles. The van der Waals surface area contributed by atoms with Gasteiger partial charge in [-0.25, -0.2) is 0 Å². The Morgan fingerprint density at radius 1 is 1.15 bits per heavy atom. The number of benzene rings is 1. The van der Waals surface area contributed by atoms with Crippen molar-refractivity contribution < 1.29 is 14.3 Å². The van der Waals surface area contributed by atoms with Crippen molar-refractivity contribution in [3.05, 3.63) is 29.8 Å². The topological polar surface area (TPSA) is 35.5 Å². The molecule has 0 aliphatic rings. The molecule has 112 valence electrons. The molecular formula is C17H26O3. The van der Waals surface area contributed by atoms with Gasteiger partial charge in [0.15, 0.2) is 0 Å². The first kappa shape index (κ1) is 16.5. The Kier molecular flexibility index (Phi) is 7.78. The summed E-state index contributed by atoms with van der Waals surface area (Å²) < 4.78 is 10.7. The van der Waals surface area contributed by atoms with Crippen LogP contribution in [-0.2, 0) is 9.53 Å². The molecule has 1 aromatic rings. The van der Waals surface area contributed by atoms with Crippen LogP contribution in [-0.4, -0.2) is 19.2 Å². The van der Waals surface area contributed by atoms with Gasteiger partial charge >= 0.3 is 5.97 Å². The number of rotatable bonds is 9. The highest BCUT2D eigenvalue weighted by Crippen LogP contribution is 2.25. The van der Waals surface area contributed by atoms with Crippen LogP contribution in [0.25, 0.3) is 0 Å². The zero-order chi connectivity index (χ0) is 14.8. The molecule has 0 saturated heterocycles. The van der Waals surface area contributed by atoms with E-state index in [9.17, 15) is 4.79 Å². The SMILES string of the molecule is CCOC(=O)CCCCCOc1ccccc1C(C)C. The fraction of sp³-hybridized carbons (Fsp3) is 0.588. The molecule has 0 N–H and O–H groups in total. The maximum absolute atomic E-state index is 11.2. The molecule has 0 spiro atoms. The highest BCUT2D eigenvalue weighted by molar-refractivity contribution is 5.69. The molecule has 0 unspecified atom stereocenters. The van der Waals surface area contributed by atoms with Gasteiger partial charge in [-0.2, -0.15) is 0 Å². The number of para-hydroxylation sites is 1. The van der Waals surface area contributed by atoms with Gasteiger partial charge in [-0.3, -0.25) is 4.79 Å². The van der Waals surface area contributed by atoms with E-state index in [2.05, 4.69) is 19.9 Å². The minimum atomic E-state index is -0.0985. The molecular weight excluding hydrogens is 252 g/mol. The highest BCUT2D eigenvalue weighted by Gasteiger charge is 2.06. The Hall–Kier alpha value is -1.51. The van der Waals surface area contributed by atoms with Crippen molar-refractivity contribution in [3.63, 3.8) is 0 Å². The molecule has 1 aromatic carbocycles. The Bertz CT molecular complexity index is 399. The van der Waals surface area contributed by atoms with Crippen LogP contribution in [0.2, 0.25) is 0 Å². The minimum Gasteiger partial charge on any atom is -0.493 e. The third-order valence-electron chi connectivity index (χ3n) is 3.13. The van der Waals surface area contributed by atoms with E-state index in [1.807, 2.05) is 25.1 Å². The number of hydrogen-bond acceptors (Lipinski definition) is 3. The van der Waals surface area contributed by atoms with Gasteiger partial charge in [-0.05, 0) is 43.7 Å². The Labute approximate surface area is 122 Å². The summed E-state index contributed by atoms with van der Waals surface area (Å²) in [6.45, 7) is 7.33. The second-order valence-corrected chi connectivity index (χ2v) is 5.16. The number of ether oxygens (including phenoxy) is 2. The van der Waals surface area contributed by atoms with Crippen molar-refractivity contribution in [1.29, 1.82) is 0 Å². The standard InChI is InChI=1S/C17H26O3/c1-4-19-17(18)12-6-5-9-13-20-16-11-8-7-10-15(16)14(2)3/h7-8,10-11,14H,4-6,9,12-13H2,1-3H3. The first-order valence-corrected chi connectivity index (χ1v) is 7.52. The van der Waals surface area contributed by atoms with Crippen LogP contribution >= 0.6 is 0 Å². The third kappa shape index (κ3) is 6.09. The van der Waals surface area contributed by atoms with Crippen LogP contribution in [0.1, 0.15) is 57.9 Å². The zero-order valence-corrected chi connectivity index (χ0v) is 12.9. The Morgan fingerprint density at radius 3 is 2.60 bits per heavy atom. The van der Waals surface area contributed by atoms with Gasteiger partial charge in [0.2, 0.25) is 0 Å². The predicted octanol–water partition coefficient (Wildman–Crippen LogP) is 4.31. The number of carbonyl (C=O) groups excluding carboxylic acids is 1. The van der Waals surface area contributed by atoms with Crippen LogP contribution in [0.15, 0.2) is 24.3 Å². The molecule has 3 nitrogen and oxygen atoms in total. The van der Waals surface area contributed by atoms with Gasteiger partial charge in [-0.1, -0.05) is 32.0 Å². The van der Waals surface area contributed by atoms with Crippen molar-refractivity contribution >= 4 is 5.97 Å². The quantitative estimate of drug-likeness (QED) is 0.498. The Morgan fingerprint density at radius 2 is 1.90 bits per heavy atom. The lowest BCUT2D eigenvalue weighted by molar-refractivity contribution is -0.143. The van der Waals surface area contributed by atoms with Crippen LogP contribution in [0, 0.1) is 0 Å². The molecule has 0 atom stereocenters. The van der Waals surface area contributed by atoms with E-state index in [0.717, 1.165) is 25.0 Å². The molecule has 0 saturated carbocycles. The summed E-state index contributed by atoms with van der Waals surface area (Å²) in [5.41, 5.74) is 1.25. The van der Waals surface area contributed by atoms with Crippen LogP contribution in [0.3, 0.4) is 0 Å². The van der Waals surface area contributed by atoms with Crippen molar-refractivity contribution in [3.8, 4) is 5.75 Å². The minimum absolute atomic E-state index is 0.0985. The summed E-state index contributed by atoms with van der Waals surface area (Å²) in [5.74, 6) is 1.35. The number of carbonyl (C=O) groups is 1.